The van der Waals surface area contributed by atoms with Crippen molar-refractivity contribution in [3.8, 4) is 0 Å². The van der Waals surface area contributed by atoms with E-state index in [1.165, 1.54) is 0 Å². The van der Waals surface area contributed by atoms with E-state index in [0.29, 0.717) is 18.8 Å². The predicted molar refractivity (Wildman–Crippen MR) is 68.7 cm³/mol. The van der Waals surface area contributed by atoms with Crippen molar-refractivity contribution in [3.05, 3.63) is 24.0 Å². The lowest BCUT2D eigenvalue weighted by Gasteiger charge is -2.19. The van der Waals surface area contributed by atoms with Gasteiger partial charge in [0.2, 0.25) is 0 Å². The zero-order chi connectivity index (χ0) is 13.6. The van der Waals surface area contributed by atoms with E-state index >= 15 is 0 Å². The summed E-state index contributed by atoms with van der Waals surface area (Å²) in [6.07, 6.45) is 3.00. The molecule has 5 nitrogen and oxygen atoms in total. The summed E-state index contributed by atoms with van der Waals surface area (Å²) in [5.74, 6) is 0. The first-order valence-electron chi connectivity index (χ1n) is 5.99. The summed E-state index contributed by atoms with van der Waals surface area (Å²) in [6.45, 7) is 6.68. The zero-order valence-corrected chi connectivity index (χ0v) is 11.1. The average molecular weight is 252 g/mol. The molecule has 0 radical (unpaired) electrons. The quantitative estimate of drug-likeness (QED) is 0.645. The van der Waals surface area contributed by atoms with Gasteiger partial charge in [0.05, 0.1) is 5.69 Å². The molecule has 1 aromatic rings. The van der Waals surface area contributed by atoms with E-state index in [1.54, 1.807) is 6.07 Å². The molecule has 0 aromatic carbocycles. The van der Waals surface area contributed by atoms with E-state index in [4.69, 9.17) is 4.74 Å². The summed E-state index contributed by atoms with van der Waals surface area (Å²) in [6, 6.07) is 3.58. The van der Waals surface area contributed by atoms with Crippen LogP contribution in [-0.2, 0) is 11.3 Å². The standard InChI is InChI=1S/C13H20N2O3/c1-13(2,3)18-12(17)14-7-5-9-15-8-4-6-11(15)10-16/h4,6,8,10H,5,7,9H2,1-3H3,(H,14,17). The molecule has 0 unspecified atom stereocenters. The van der Waals surface area contributed by atoms with Crippen molar-refractivity contribution in [3.63, 3.8) is 0 Å². The Kier molecular flexibility index (Phi) is 4.95. The van der Waals surface area contributed by atoms with E-state index in [1.807, 2.05) is 37.6 Å². The van der Waals surface area contributed by atoms with Gasteiger partial charge < -0.3 is 14.6 Å². The van der Waals surface area contributed by atoms with Gasteiger partial charge in [-0.3, -0.25) is 4.79 Å². The topological polar surface area (TPSA) is 60.3 Å². The Morgan fingerprint density at radius 2 is 2.22 bits per heavy atom. The maximum atomic E-state index is 11.3. The Hall–Kier alpha value is -1.78. The van der Waals surface area contributed by atoms with Gasteiger partial charge in [-0.1, -0.05) is 0 Å². The molecule has 1 rings (SSSR count). The molecule has 0 bridgehead atoms. The fraction of sp³-hybridized carbons (Fsp3) is 0.538. The molecule has 0 atom stereocenters. The van der Waals surface area contributed by atoms with E-state index in [-0.39, 0.29) is 0 Å². The van der Waals surface area contributed by atoms with Crippen LogP contribution in [0.15, 0.2) is 18.3 Å². The van der Waals surface area contributed by atoms with E-state index in [9.17, 15) is 9.59 Å². The van der Waals surface area contributed by atoms with Gasteiger partial charge in [0.15, 0.2) is 6.29 Å². The van der Waals surface area contributed by atoms with Crippen LogP contribution in [0.3, 0.4) is 0 Å². The third-order valence-electron chi connectivity index (χ3n) is 2.23. The number of hydrogen-bond donors (Lipinski definition) is 1. The molecule has 5 heteroatoms. The van der Waals surface area contributed by atoms with Crippen LogP contribution in [0, 0.1) is 0 Å². The summed E-state index contributed by atoms with van der Waals surface area (Å²) in [7, 11) is 0. The predicted octanol–water partition coefficient (Wildman–Crippen LogP) is 2.22. The summed E-state index contributed by atoms with van der Waals surface area (Å²) in [5, 5.41) is 2.68. The van der Waals surface area contributed by atoms with Crippen molar-refractivity contribution in [1.29, 1.82) is 0 Å². The Labute approximate surface area is 107 Å². The van der Waals surface area contributed by atoms with Gasteiger partial charge >= 0.3 is 6.09 Å². The number of nitrogens with zero attached hydrogens (tertiary/aromatic N) is 1. The van der Waals surface area contributed by atoms with Gasteiger partial charge in [-0.25, -0.2) is 4.79 Å². The number of aldehydes is 1. The molecule has 0 aliphatic rings. The molecule has 1 amide bonds. The number of aryl methyl sites for hydroxylation is 1. The van der Waals surface area contributed by atoms with Gasteiger partial charge in [0.25, 0.3) is 0 Å². The average Bonchev–Trinajstić information content (AvgIpc) is 2.69. The van der Waals surface area contributed by atoms with Crippen molar-refractivity contribution < 1.29 is 14.3 Å². The van der Waals surface area contributed by atoms with Crippen molar-refractivity contribution in [1.82, 2.24) is 9.88 Å². The lowest BCUT2D eigenvalue weighted by atomic mass is 10.2. The molecular weight excluding hydrogens is 232 g/mol. The molecule has 1 heterocycles. The number of carbonyl (C=O) groups excluding carboxylic acids is 2. The maximum Gasteiger partial charge on any atom is 0.407 e. The highest BCUT2D eigenvalue weighted by Crippen LogP contribution is 2.06. The minimum Gasteiger partial charge on any atom is -0.444 e. The van der Waals surface area contributed by atoms with Crippen LogP contribution in [-0.4, -0.2) is 29.1 Å². The van der Waals surface area contributed by atoms with Gasteiger partial charge in [-0.05, 0) is 39.3 Å². The second-order valence-corrected chi connectivity index (χ2v) is 5.03. The molecule has 0 aliphatic heterocycles. The molecule has 0 saturated carbocycles. The minimum absolute atomic E-state index is 0.411. The van der Waals surface area contributed by atoms with Crippen molar-refractivity contribution in [2.75, 3.05) is 6.54 Å². The SMILES string of the molecule is CC(C)(C)OC(=O)NCCCn1cccc1C=O. The van der Waals surface area contributed by atoms with Crippen molar-refractivity contribution >= 4 is 12.4 Å². The largest absolute Gasteiger partial charge is 0.444 e. The van der Waals surface area contributed by atoms with Gasteiger partial charge in [0.1, 0.15) is 5.60 Å². The molecular formula is C13H20N2O3. The van der Waals surface area contributed by atoms with Crippen LogP contribution in [0.4, 0.5) is 4.79 Å². The summed E-state index contributed by atoms with van der Waals surface area (Å²) in [5.41, 5.74) is 0.169. The highest BCUT2D eigenvalue weighted by atomic mass is 16.6. The normalized spacial score (nSPS) is 11.1. The Morgan fingerprint density at radius 1 is 1.50 bits per heavy atom. The van der Waals surface area contributed by atoms with Crippen LogP contribution in [0.1, 0.15) is 37.7 Å². The van der Waals surface area contributed by atoms with Crippen molar-refractivity contribution in [2.45, 2.75) is 39.3 Å². The molecule has 0 saturated heterocycles. The monoisotopic (exact) mass is 252 g/mol. The van der Waals surface area contributed by atoms with Crippen LogP contribution in [0.25, 0.3) is 0 Å². The molecule has 100 valence electrons. The van der Waals surface area contributed by atoms with Crippen LogP contribution in [0.2, 0.25) is 0 Å². The Bertz CT molecular complexity index is 405. The number of nitrogens with one attached hydrogen (secondary N) is 1. The first-order chi connectivity index (χ1) is 8.42. The third kappa shape index (κ3) is 5.03. The Morgan fingerprint density at radius 3 is 2.83 bits per heavy atom. The van der Waals surface area contributed by atoms with E-state index < -0.39 is 11.7 Å². The second kappa shape index (κ2) is 6.23. The smallest absolute Gasteiger partial charge is 0.407 e. The number of rotatable bonds is 5. The number of hydrogen-bond acceptors (Lipinski definition) is 3. The molecule has 0 spiro atoms. The van der Waals surface area contributed by atoms with Gasteiger partial charge in [0, 0.05) is 19.3 Å². The van der Waals surface area contributed by atoms with Crippen LogP contribution in [0.5, 0.6) is 0 Å². The number of alkyl carbamates (subject to hydrolysis) is 1. The molecule has 1 N–H and O–H groups in total. The second-order valence-electron chi connectivity index (χ2n) is 5.03. The highest BCUT2D eigenvalue weighted by Gasteiger charge is 2.15. The number of carbonyl (C=O) groups is 2. The van der Waals surface area contributed by atoms with Gasteiger partial charge in [-0.15, -0.1) is 0 Å². The fourth-order valence-corrected chi connectivity index (χ4v) is 1.49. The molecule has 18 heavy (non-hydrogen) atoms. The molecule has 0 fully saturated rings. The van der Waals surface area contributed by atoms with Crippen LogP contribution < -0.4 is 5.32 Å². The summed E-state index contributed by atoms with van der Waals surface area (Å²) in [4.78, 5) is 22.0. The molecule has 1 aromatic heterocycles. The molecule has 0 aliphatic carbocycles. The number of amides is 1. The van der Waals surface area contributed by atoms with E-state index in [2.05, 4.69) is 5.32 Å². The first-order valence-corrected chi connectivity index (χ1v) is 5.99. The zero-order valence-electron chi connectivity index (χ0n) is 11.1. The summed E-state index contributed by atoms with van der Waals surface area (Å²) >= 11 is 0. The van der Waals surface area contributed by atoms with Crippen LogP contribution >= 0.6 is 0 Å². The minimum atomic E-state index is -0.477. The number of ether oxygens (including phenoxy) is 1. The lowest BCUT2D eigenvalue weighted by molar-refractivity contribution is 0.0526. The Balaban J connectivity index is 2.23. The third-order valence-corrected chi connectivity index (χ3v) is 2.23. The highest BCUT2D eigenvalue weighted by molar-refractivity contribution is 5.72. The maximum absolute atomic E-state index is 11.3. The fourth-order valence-electron chi connectivity index (χ4n) is 1.49. The number of aromatic nitrogens is 1. The van der Waals surface area contributed by atoms with Crippen molar-refractivity contribution in [2.24, 2.45) is 0 Å². The van der Waals surface area contributed by atoms with Gasteiger partial charge in [-0.2, -0.15) is 0 Å². The lowest BCUT2D eigenvalue weighted by Crippen LogP contribution is -2.33. The first kappa shape index (κ1) is 14.3. The van der Waals surface area contributed by atoms with E-state index in [0.717, 1.165) is 12.7 Å². The summed E-state index contributed by atoms with van der Waals surface area (Å²) < 4.78 is 6.96.